The van der Waals surface area contributed by atoms with Crippen LogP contribution in [0.4, 0.5) is 14.9 Å². The Morgan fingerprint density at radius 3 is 2.58 bits per heavy atom. The molecule has 0 aromatic heterocycles. The number of benzene rings is 1. The highest BCUT2D eigenvalue weighted by atomic mass is 79.9. The number of urea groups is 1. The zero-order valence-electron chi connectivity index (χ0n) is 10.4. The number of aliphatic carboxylic acids is 1. The second-order valence-corrected chi connectivity index (χ2v) is 4.99. The third kappa shape index (κ3) is 4.51. The van der Waals surface area contributed by atoms with E-state index in [4.69, 9.17) is 5.11 Å². The van der Waals surface area contributed by atoms with Gasteiger partial charge in [0.15, 0.2) is 0 Å². The topological polar surface area (TPSA) is 78.4 Å². The molecule has 2 atom stereocenters. The Morgan fingerprint density at radius 1 is 1.37 bits per heavy atom. The third-order valence-electron chi connectivity index (χ3n) is 2.67. The lowest BCUT2D eigenvalue weighted by molar-refractivity contribution is -0.141. The highest BCUT2D eigenvalue weighted by molar-refractivity contribution is 9.10. The summed E-state index contributed by atoms with van der Waals surface area (Å²) in [5.41, 5.74) is 0.271. The van der Waals surface area contributed by atoms with Crippen molar-refractivity contribution in [3.8, 4) is 0 Å². The van der Waals surface area contributed by atoms with Crippen LogP contribution in [0.1, 0.15) is 13.8 Å². The van der Waals surface area contributed by atoms with Crippen LogP contribution in [0.5, 0.6) is 0 Å². The lowest BCUT2D eigenvalue weighted by atomic mass is 10.0. The minimum absolute atomic E-state index is 0.271. The molecule has 2 amide bonds. The number of amides is 2. The minimum atomic E-state index is -1.00. The van der Waals surface area contributed by atoms with Crippen LogP contribution in [0.3, 0.4) is 0 Å². The fraction of sp³-hybridized carbons (Fsp3) is 0.333. The van der Waals surface area contributed by atoms with Crippen LogP contribution in [0.2, 0.25) is 0 Å². The van der Waals surface area contributed by atoms with Gasteiger partial charge in [-0.25, -0.2) is 9.18 Å². The van der Waals surface area contributed by atoms with Gasteiger partial charge in [0, 0.05) is 10.5 Å². The first-order valence-corrected chi connectivity index (χ1v) is 6.36. The number of hydrogen-bond donors (Lipinski definition) is 3. The molecule has 0 heterocycles. The molecule has 7 heteroatoms. The van der Waals surface area contributed by atoms with Crippen LogP contribution in [0, 0.1) is 11.7 Å². The second-order valence-electron chi connectivity index (χ2n) is 4.14. The molecular weight excluding hydrogens is 319 g/mol. The molecular formula is C12H14BrFN2O3. The predicted octanol–water partition coefficient (Wildman–Crippen LogP) is 2.82. The largest absolute Gasteiger partial charge is 0.481 e. The first kappa shape index (κ1) is 15.4. The maximum Gasteiger partial charge on any atom is 0.319 e. The number of carbonyl (C=O) groups excluding carboxylic acids is 1. The molecule has 5 nitrogen and oxygen atoms in total. The summed E-state index contributed by atoms with van der Waals surface area (Å²) in [4.78, 5) is 22.4. The van der Waals surface area contributed by atoms with Crippen molar-refractivity contribution in [2.24, 2.45) is 5.92 Å². The van der Waals surface area contributed by atoms with E-state index < -0.39 is 29.8 Å². The Labute approximate surface area is 118 Å². The quantitative estimate of drug-likeness (QED) is 0.793. The van der Waals surface area contributed by atoms with Gasteiger partial charge in [0.05, 0.1) is 11.6 Å². The van der Waals surface area contributed by atoms with Gasteiger partial charge in [-0.3, -0.25) is 4.79 Å². The molecule has 0 bridgehead atoms. The van der Waals surface area contributed by atoms with Crippen molar-refractivity contribution in [3.05, 3.63) is 28.5 Å². The molecule has 0 aliphatic rings. The Bertz CT molecular complexity index is 496. The first-order chi connectivity index (χ1) is 8.81. The highest BCUT2D eigenvalue weighted by Crippen LogP contribution is 2.22. The normalized spacial score (nSPS) is 13.5. The van der Waals surface area contributed by atoms with Crippen molar-refractivity contribution < 1.29 is 19.1 Å². The molecule has 0 aliphatic heterocycles. The van der Waals surface area contributed by atoms with Gasteiger partial charge < -0.3 is 15.7 Å². The van der Waals surface area contributed by atoms with Gasteiger partial charge in [-0.1, -0.05) is 0 Å². The van der Waals surface area contributed by atoms with Crippen LogP contribution in [0.15, 0.2) is 22.7 Å². The number of rotatable bonds is 4. The van der Waals surface area contributed by atoms with Gasteiger partial charge in [-0.2, -0.15) is 0 Å². The van der Waals surface area contributed by atoms with Crippen LogP contribution < -0.4 is 10.6 Å². The maximum absolute atomic E-state index is 13.0. The van der Waals surface area contributed by atoms with Gasteiger partial charge in [-0.15, -0.1) is 0 Å². The zero-order chi connectivity index (χ0) is 14.6. The molecule has 1 rings (SSSR count). The average Bonchev–Trinajstić information content (AvgIpc) is 2.32. The molecule has 0 spiro atoms. The number of anilines is 1. The molecule has 0 radical (unpaired) electrons. The van der Waals surface area contributed by atoms with E-state index in [2.05, 4.69) is 26.6 Å². The molecule has 1 aromatic rings. The fourth-order valence-electron chi connectivity index (χ4n) is 1.30. The zero-order valence-corrected chi connectivity index (χ0v) is 12.0. The van der Waals surface area contributed by atoms with E-state index in [0.717, 1.165) is 6.07 Å². The lowest BCUT2D eigenvalue weighted by Crippen LogP contribution is -2.42. The SMILES string of the molecule is CC(NC(=O)Nc1cc(F)ccc1Br)C(C)C(=O)O. The summed E-state index contributed by atoms with van der Waals surface area (Å²) in [7, 11) is 0. The number of hydrogen-bond acceptors (Lipinski definition) is 2. The summed E-state index contributed by atoms with van der Waals surface area (Å²) in [5.74, 6) is -2.20. The van der Waals surface area contributed by atoms with E-state index in [0.29, 0.717) is 4.47 Å². The van der Waals surface area contributed by atoms with Gasteiger partial charge >= 0.3 is 12.0 Å². The molecule has 3 N–H and O–H groups in total. The van der Waals surface area contributed by atoms with Gasteiger partial charge in [0.2, 0.25) is 0 Å². The summed E-state index contributed by atoms with van der Waals surface area (Å²) in [6.45, 7) is 3.07. The third-order valence-corrected chi connectivity index (χ3v) is 3.37. The minimum Gasteiger partial charge on any atom is -0.481 e. The summed E-state index contributed by atoms with van der Waals surface area (Å²) in [6.07, 6.45) is 0. The van der Waals surface area contributed by atoms with Gasteiger partial charge in [0.25, 0.3) is 0 Å². The molecule has 1 aromatic carbocycles. The van der Waals surface area contributed by atoms with Crippen LogP contribution >= 0.6 is 15.9 Å². The van der Waals surface area contributed by atoms with Gasteiger partial charge in [0.1, 0.15) is 5.82 Å². The second kappa shape index (κ2) is 6.51. The van der Waals surface area contributed by atoms with E-state index in [1.54, 1.807) is 6.92 Å². The van der Waals surface area contributed by atoms with Crippen molar-refractivity contribution in [2.75, 3.05) is 5.32 Å². The summed E-state index contributed by atoms with van der Waals surface area (Å²) >= 11 is 3.17. The molecule has 0 saturated carbocycles. The maximum atomic E-state index is 13.0. The van der Waals surface area contributed by atoms with Crippen LogP contribution in [0.25, 0.3) is 0 Å². The molecule has 0 fully saturated rings. The summed E-state index contributed by atoms with van der Waals surface area (Å²) < 4.78 is 13.6. The van der Waals surface area contributed by atoms with E-state index in [1.807, 2.05) is 0 Å². The fourth-order valence-corrected chi connectivity index (χ4v) is 1.64. The van der Waals surface area contributed by atoms with Crippen molar-refractivity contribution >= 4 is 33.6 Å². The van der Waals surface area contributed by atoms with Crippen LogP contribution in [-0.4, -0.2) is 23.1 Å². The van der Waals surface area contributed by atoms with E-state index in [-0.39, 0.29) is 5.69 Å². The number of carbonyl (C=O) groups is 2. The molecule has 104 valence electrons. The summed E-state index contributed by atoms with van der Waals surface area (Å²) in [5, 5.41) is 13.7. The van der Waals surface area contributed by atoms with E-state index in [1.165, 1.54) is 19.1 Å². The lowest BCUT2D eigenvalue weighted by Gasteiger charge is -2.18. The van der Waals surface area contributed by atoms with Crippen LogP contribution in [-0.2, 0) is 4.79 Å². The van der Waals surface area contributed by atoms with Crippen molar-refractivity contribution in [1.82, 2.24) is 5.32 Å². The van der Waals surface area contributed by atoms with Crippen molar-refractivity contribution in [2.45, 2.75) is 19.9 Å². The molecule has 2 unspecified atom stereocenters. The molecule has 0 aliphatic carbocycles. The van der Waals surface area contributed by atoms with Crippen molar-refractivity contribution in [3.63, 3.8) is 0 Å². The van der Waals surface area contributed by atoms with E-state index in [9.17, 15) is 14.0 Å². The molecule has 0 saturated heterocycles. The predicted molar refractivity (Wildman–Crippen MR) is 72.5 cm³/mol. The molecule has 19 heavy (non-hydrogen) atoms. The summed E-state index contributed by atoms with van der Waals surface area (Å²) in [6, 6.07) is 2.74. The Kier molecular flexibility index (Phi) is 5.29. The standard InChI is InChI=1S/C12H14BrFN2O3/c1-6(11(17)18)7(2)15-12(19)16-10-5-8(14)3-4-9(10)13/h3-7H,1-2H3,(H,17,18)(H2,15,16,19). The smallest absolute Gasteiger partial charge is 0.319 e. The van der Waals surface area contributed by atoms with E-state index >= 15 is 0 Å². The Balaban J connectivity index is 2.65. The average molecular weight is 333 g/mol. The number of halogens is 2. The highest BCUT2D eigenvalue weighted by Gasteiger charge is 2.21. The Morgan fingerprint density at radius 2 is 2.00 bits per heavy atom. The number of nitrogens with one attached hydrogen (secondary N) is 2. The van der Waals surface area contributed by atoms with Gasteiger partial charge in [-0.05, 0) is 48.0 Å². The Hall–Kier alpha value is -1.63. The number of carboxylic acid groups (broad SMARTS) is 1. The van der Waals surface area contributed by atoms with Crippen molar-refractivity contribution in [1.29, 1.82) is 0 Å². The number of carboxylic acids is 1. The first-order valence-electron chi connectivity index (χ1n) is 5.56. The monoisotopic (exact) mass is 332 g/mol.